The van der Waals surface area contributed by atoms with Crippen molar-refractivity contribution < 1.29 is 9.21 Å². The van der Waals surface area contributed by atoms with Gasteiger partial charge in [-0.3, -0.25) is 4.79 Å². The molecule has 2 N–H and O–H groups in total. The highest BCUT2D eigenvalue weighted by Crippen LogP contribution is 2.15. The molecule has 0 unspecified atom stereocenters. The van der Waals surface area contributed by atoms with Gasteiger partial charge in [-0.15, -0.1) is 0 Å². The average molecular weight is 296 g/mol. The van der Waals surface area contributed by atoms with E-state index in [0.717, 1.165) is 10.1 Å². The van der Waals surface area contributed by atoms with Gasteiger partial charge in [-0.2, -0.15) is 0 Å². The summed E-state index contributed by atoms with van der Waals surface area (Å²) >= 11 is 0. The minimum Gasteiger partial charge on any atom is -0.441 e. The Hall–Kier alpha value is -2.89. The van der Waals surface area contributed by atoms with E-state index in [0.29, 0.717) is 35.6 Å². The smallest absolute Gasteiger partial charge is 0.326 e. The van der Waals surface area contributed by atoms with Crippen LogP contribution in [0.3, 0.4) is 0 Å². The Morgan fingerprint density at radius 3 is 2.86 bits per heavy atom. The largest absolute Gasteiger partial charge is 0.441 e. The number of hydrogen-bond acceptors (Lipinski definition) is 4. The van der Waals surface area contributed by atoms with Gasteiger partial charge in [-0.05, 0) is 31.5 Å². The average Bonchev–Trinajstić information content (AvgIpc) is 2.89. The van der Waals surface area contributed by atoms with Crippen LogP contribution in [0.5, 0.6) is 0 Å². The fourth-order valence-electron chi connectivity index (χ4n) is 2.33. The molecular weight excluding hydrogens is 282 g/mol. The Labute approximate surface area is 126 Å². The van der Waals surface area contributed by atoms with Gasteiger partial charge in [0.25, 0.3) is 5.56 Å². The number of amides is 1. The summed E-state index contributed by atoms with van der Waals surface area (Å²) in [5, 5.41) is 0. The normalized spacial score (nSPS) is 11.0. The van der Waals surface area contributed by atoms with Crippen molar-refractivity contribution in [2.45, 2.75) is 19.8 Å². The van der Waals surface area contributed by atoms with Crippen LogP contribution in [-0.2, 0) is 12.8 Å². The van der Waals surface area contributed by atoms with E-state index in [-0.39, 0.29) is 0 Å². The molecular formula is C16H14N3O3. The Balaban J connectivity index is 1.86. The van der Waals surface area contributed by atoms with Crippen LogP contribution in [0, 0.1) is 13.0 Å². The third-order valence-electron chi connectivity index (χ3n) is 3.44. The van der Waals surface area contributed by atoms with Gasteiger partial charge in [0.05, 0.1) is 0 Å². The second kappa shape index (κ2) is 5.48. The first kappa shape index (κ1) is 14.1. The van der Waals surface area contributed by atoms with Crippen LogP contribution in [0.25, 0.3) is 11.1 Å². The van der Waals surface area contributed by atoms with Crippen LogP contribution in [0.15, 0.2) is 39.5 Å². The minimum absolute atomic E-state index is 0.392. The van der Waals surface area contributed by atoms with E-state index < -0.39 is 11.6 Å². The molecule has 0 saturated heterocycles. The number of aryl methyl sites for hydroxylation is 3. The van der Waals surface area contributed by atoms with Crippen molar-refractivity contribution in [2.75, 3.05) is 0 Å². The predicted octanol–water partition coefficient (Wildman–Crippen LogP) is 1.81. The quantitative estimate of drug-likeness (QED) is 0.798. The Morgan fingerprint density at radius 1 is 1.36 bits per heavy atom. The molecule has 1 aromatic carbocycles. The predicted molar refractivity (Wildman–Crippen MR) is 80.7 cm³/mol. The number of nitrogens with two attached hydrogens (primary N) is 1. The van der Waals surface area contributed by atoms with E-state index in [9.17, 15) is 9.59 Å². The van der Waals surface area contributed by atoms with E-state index >= 15 is 0 Å². The summed E-state index contributed by atoms with van der Waals surface area (Å²) in [7, 11) is 0. The van der Waals surface area contributed by atoms with Crippen molar-refractivity contribution in [3.63, 3.8) is 0 Å². The molecule has 0 spiro atoms. The van der Waals surface area contributed by atoms with Crippen LogP contribution in [0.2, 0.25) is 0 Å². The topological polar surface area (TPSA) is 91.1 Å². The summed E-state index contributed by atoms with van der Waals surface area (Å²) in [4.78, 5) is 27.9. The number of aromatic nitrogens is 2. The first-order valence-electron chi connectivity index (χ1n) is 6.84. The van der Waals surface area contributed by atoms with E-state index in [1.807, 2.05) is 24.3 Å². The van der Waals surface area contributed by atoms with Crippen molar-refractivity contribution in [2.24, 2.45) is 5.73 Å². The molecule has 0 saturated carbocycles. The van der Waals surface area contributed by atoms with Crippen LogP contribution in [0.4, 0.5) is 4.79 Å². The molecule has 111 valence electrons. The fourth-order valence-corrected chi connectivity index (χ4v) is 2.33. The highest BCUT2D eigenvalue weighted by molar-refractivity contribution is 5.75. The van der Waals surface area contributed by atoms with Crippen LogP contribution < -0.4 is 11.3 Å². The first-order chi connectivity index (χ1) is 10.6. The summed E-state index contributed by atoms with van der Waals surface area (Å²) in [6.45, 7) is 1.61. The molecule has 0 aliphatic carbocycles. The molecule has 3 aromatic rings. The number of carbonyl (C=O) groups excluding carboxylic acids is 1. The Kier molecular flexibility index (Phi) is 3.50. The van der Waals surface area contributed by atoms with Gasteiger partial charge in [-0.25, -0.2) is 14.3 Å². The van der Waals surface area contributed by atoms with Gasteiger partial charge in [0.15, 0.2) is 11.5 Å². The second-order valence-electron chi connectivity index (χ2n) is 4.95. The van der Waals surface area contributed by atoms with Gasteiger partial charge in [0, 0.05) is 23.7 Å². The number of para-hydroxylation sites is 2. The lowest BCUT2D eigenvalue weighted by Crippen LogP contribution is -2.35. The fraction of sp³-hybridized carbons (Fsp3) is 0.188. The summed E-state index contributed by atoms with van der Waals surface area (Å²) in [5.41, 5.74) is 7.13. The lowest BCUT2D eigenvalue weighted by atomic mass is 10.1. The maximum Gasteiger partial charge on any atom is 0.326 e. The lowest BCUT2D eigenvalue weighted by molar-refractivity contribution is 0.249. The number of benzene rings is 1. The minimum atomic E-state index is -0.803. The molecule has 0 aliphatic rings. The molecule has 0 atom stereocenters. The van der Waals surface area contributed by atoms with Crippen molar-refractivity contribution in [3.05, 3.63) is 63.9 Å². The molecule has 0 bridgehead atoms. The maximum absolute atomic E-state index is 12.2. The molecule has 0 aliphatic heterocycles. The van der Waals surface area contributed by atoms with Crippen LogP contribution in [-0.4, -0.2) is 15.6 Å². The molecule has 3 rings (SSSR count). The van der Waals surface area contributed by atoms with Gasteiger partial charge in [0.2, 0.25) is 0 Å². The molecule has 2 heterocycles. The first-order valence-corrected chi connectivity index (χ1v) is 6.84. The molecule has 0 fully saturated rings. The number of nitrogens with zero attached hydrogens (tertiary/aromatic N) is 2. The van der Waals surface area contributed by atoms with E-state index in [1.165, 1.54) is 0 Å². The summed E-state index contributed by atoms with van der Waals surface area (Å²) in [6.07, 6.45) is 0.856. The Bertz CT molecular complexity index is 875. The number of hydrogen-bond donors (Lipinski definition) is 1. The van der Waals surface area contributed by atoms with E-state index in [1.54, 1.807) is 13.0 Å². The standard InChI is InChI=1S/C16H14N3O3/c1-10-6-7-11(15(20)19(10)16(17)21)8-9-14-18-12-4-2-3-5-13(12)22-14/h2-5,7H,8-9H2,1H3,(H2,17,21). The highest BCUT2D eigenvalue weighted by Gasteiger charge is 2.12. The number of carbonyl (C=O) groups is 1. The van der Waals surface area contributed by atoms with Crippen LogP contribution >= 0.6 is 0 Å². The highest BCUT2D eigenvalue weighted by atomic mass is 16.3. The number of rotatable bonds is 3. The van der Waals surface area contributed by atoms with Crippen molar-refractivity contribution in [3.8, 4) is 0 Å². The number of oxazole rings is 1. The Morgan fingerprint density at radius 2 is 2.14 bits per heavy atom. The molecule has 1 radical (unpaired) electrons. The molecule has 22 heavy (non-hydrogen) atoms. The van der Waals surface area contributed by atoms with Crippen molar-refractivity contribution in [1.82, 2.24) is 9.55 Å². The zero-order valence-corrected chi connectivity index (χ0v) is 12.0. The van der Waals surface area contributed by atoms with E-state index in [4.69, 9.17) is 10.2 Å². The van der Waals surface area contributed by atoms with Crippen molar-refractivity contribution >= 4 is 17.1 Å². The number of pyridine rings is 1. The van der Waals surface area contributed by atoms with Crippen LogP contribution in [0.1, 0.15) is 17.1 Å². The zero-order valence-electron chi connectivity index (χ0n) is 12.0. The summed E-state index contributed by atoms with van der Waals surface area (Å²) in [6, 6.07) is 11.1. The monoisotopic (exact) mass is 296 g/mol. The third-order valence-corrected chi connectivity index (χ3v) is 3.44. The van der Waals surface area contributed by atoms with Gasteiger partial charge >= 0.3 is 6.03 Å². The summed E-state index contributed by atoms with van der Waals surface area (Å²) < 4.78 is 6.53. The van der Waals surface area contributed by atoms with Gasteiger partial charge in [-0.1, -0.05) is 12.1 Å². The maximum atomic E-state index is 12.2. The molecule has 1 amide bonds. The lowest BCUT2D eigenvalue weighted by Gasteiger charge is -2.06. The number of primary amides is 1. The van der Waals surface area contributed by atoms with Crippen molar-refractivity contribution in [1.29, 1.82) is 0 Å². The third kappa shape index (κ3) is 2.50. The SMILES string of the molecule is Cc1[c]cc(CCc2nc3ccccc3o2)c(=O)n1C(N)=O. The molecule has 6 heteroatoms. The zero-order chi connectivity index (χ0) is 15.7. The molecule has 6 nitrogen and oxygen atoms in total. The summed E-state index contributed by atoms with van der Waals surface area (Å²) in [5.74, 6) is 0.548. The molecule has 2 aromatic heterocycles. The number of fused-ring (bicyclic) bond motifs is 1. The van der Waals surface area contributed by atoms with Gasteiger partial charge < -0.3 is 10.2 Å². The van der Waals surface area contributed by atoms with Gasteiger partial charge in [0.1, 0.15) is 5.52 Å². The second-order valence-corrected chi connectivity index (χ2v) is 4.95. The van der Waals surface area contributed by atoms with E-state index in [2.05, 4.69) is 11.1 Å².